The summed E-state index contributed by atoms with van der Waals surface area (Å²) < 4.78 is 0. The van der Waals surface area contributed by atoms with Crippen molar-refractivity contribution in [2.75, 3.05) is 13.1 Å². The van der Waals surface area contributed by atoms with Crippen LogP contribution in [-0.2, 0) is 0 Å². The normalized spacial score (nSPS) is 17.0. The van der Waals surface area contributed by atoms with Gasteiger partial charge in [-0.15, -0.1) is 0 Å². The van der Waals surface area contributed by atoms with Gasteiger partial charge in [0.15, 0.2) is 0 Å². The summed E-state index contributed by atoms with van der Waals surface area (Å²) in [5, 5.41) is 15.5. The van der Waals surface area contributed by atoms with Crippen molar-refractivity contribution in [2.24, 2.45) is 10.9 Å². The molecule has 1 unspecified atom stereocenters. The molecule has 0 radical (unpaired) electrons. The van der Waals surface area contributed by atoms with Crippen molar-refractivity contribution in [3.63, 3.8) is 0 Å². The minimum Gasteiger partial charge on any atom is -0.409 e. The van der Waals surface area contributed by atoms with Gasteiger partial charge in [-0.3, -0.25) is 0 Å². The van der Waals surface area contributed by atoms with E-state index in [9.17, 15) is 0 Å². The van der Waals surface area contributed by atoms with Gasteiger partial charge in [-0.25, -0.2) is 0 Å². The molecule has 1 atom stereocenters. The summed E-state index contributed by atoms with van der Waals surface area (Å²) in [7, 11) is 0. The van der Waals surface area contributed by atoms with E-state index < -0.39 is 0 Å². The highest BCUT2D eigenvalue weighted by atomic mass is 16.4. The van der Waals surface area contributed by atoms with Crippen molar-refractivity contribution in [3.05, 3.63) is 47.5 Å². The number of amidine groups is 1. The molecule has 4 N–H and O–H groups in total. The van der Waals surface area contributed by atoms with E-state index in [0.29, 0.717) is 6.54 Å². The molecule has 1 aliphatic carbocycles. The average molecular weight is 273 g/mol. The first kappa shape index (κ1) is 14.6. The maximum absolute atomic E-state index is 8.92. The van der Waals surface area contributed by atoms with Gasteiger partial charge in [-0.05, 0) is 37.8 Å². The van der Waals surface area contributed by atoms with Crippen molar-refractivity contribution in [1.29, 1.82) is 0 Å². The van der Waals surface area contributed by atoms with E-state index in [1.165, 1.54) is 19.3 Å². The molecule has 2 rings (SSSR count). The van der Waals surface area contributed by atoms with Crippen LogP contribution in [0.2, 0.25) is 0 Å². The van der Waals surface area contributed by atoms with Crippen LogP contribution in [0.4, 0.5) is 0 Å². The number of oxime groups is 1. The molecule has 0 heterocycles. The largest absolute Gasteiger partial charge is 0.409 e. The maximum Gasteiger partial charge on any atom is 0.147 e. The van der Waals surface area contributed by atoms with Crippen LogP contribution < -0.4 is 11.1 Å². The second-order valence-corrected chi connectivity index (χ2v) is 5.20. The SMILES string of the molecule is N/C(=N/O)C(CNCCC1=CCCC1)c1ccccc1. The zero-order chi connectivity index (χ0) is 14.2. The Bertz CT molecular complexity index is 468. The molecule has 1 aromatic rings. The minimum atomic E-state index is -0.0845. The summed E-state index contributed by atoms with van der Waals surface area (Å²) >= 11 is 0. The molecule has 1 aliphatic rings. The zero-order valence-electron chi connectivity index (χ0n) is 11.8. The van der Waals surface area contributed by atoms with Gasteiger partial charge in [0, 0.05) is 6.54 Å². The number of rotatable bonds is 7. The fraction of sp³-hybridized carbons (Fsp3) is 0.438. The topological polar surface area (TPSA) is 70.6 Å². The first-order valence-electron chi connectivity index (χ1n) is 7.22. The maximum atomic E-state index is 8.92. The smallest absolute Gasteiger partial charge is 0.147 e. The quantitative estimate of drug-likeness (QED) is 0.179. The Morgan fingerprint density at radius 1 is 1.35 bits per heavy atom. The Morgan fingerprint density at radius 2 is 2.15 bits per heavy atom. The summed E-state index contributed by atoms with van der Waals surface area (Å²) in [6.07, 6.45) is 7.21. The van der Waals surface area contributed by atoms with E-state index in [4.69, 9.17) is 10.9 Å². The van der Waals surface area contributed by atoms with Crippen LogP contribution in [-0.4, -0.2) is 24.1 Å². The van der Waals surface area contributed by atoms with Crippen molar-refractivity contribution < 1.29 is 5.21 Å². The fourth-order valence-electron chi connectivity index (χ4n) is 2.61. The van der Waals surface area contributed by atoms with E-state index >= 15 is 0 Å². The highest BCUT2D eigenvalue weighted by Gasteiger charge is 2.16. The minimum absolute atomic E-state index is 0.0845. The van der Waals surface area contributed by atoms with E-state index in [1.54, 1.807) is 5.57 Å². The highest BCUT2D eigenvalue weighted by molar-refractivity contribution is 5.87. The van der Waals surface area contributed by atoms with Gasteiger partial charge in [0.1, 0.15) is 5.84 Å². The zero-order valence-corrected chi connectivity index (χ0v) is 11.8. The Balaban J connectivity index is 1.85. The third-order valence-corrected chi connectivity index (χ3v) is 3.78. The monoisotopic (exact) mass is 273 g/mol. The van der Waals surface area contributed by atoms with Crippen LogP contribution >= 0.6 is 0 Å². The molecular weight excluding hydrogens is 250 g/mol. The molecule has 108 valence electrons. The molecule has 0 saturated heterocycles. The number of nitrogens with two attached hydrogens (primary N) is 1. The lowest BCUT2D eigenvalue weighted by atomic mass is 9.98. The lowest BCUT2D eigenvalue weighted by Gasteiger charge is -2.17. The predicted molar refractivity (Wildman–Crippen MR) is 82.0 cm³/mol. The van der Waals surface area contributed by atoms with Gasteiger partial charge in [0.2, 0.25) is 0 Å². The molecule has 1 aromatic carbocycles. The van der Waals surface area contributed by atoms with Crippen LogP contribution in [0.15, 0.2) is 47.1 Å². The summed E-state index contributed by atoms with van der Waals surface area (Å²) in [5.74, 6) is 0.169. The second-order valence-electron chi connectivity index (χ2n) is 5.20. The first-order valence-corrected chi connectivity index (χ1v) is 7.22. The molecule has 0 fully saturated rings. The Morgan fingerprint density at radius 3 is 2.80 bits per heavy atom. The molecule has 0 spiro atoms. The summed E-state index contributed by atoms with van der Waals surface area (Å²) in [6.45, 7) is 1.63. The third-order valence-electron chi connectivity index (χ3n) is 3.78. The van der Waals surface area contributed by atoms with E-state index in [1.807, 2.05) is 30.3 Å². The molecule has 0 amide bonds. The number of allylic oxidation sites excluding steroid dienone is 1. The molecule has 0 bridgehead atoms. The van der Waals surface area contributed by atoms with Crippen molar-refractivity contribution in [2.45, 2.75) is 31.6 Å². The number of hydrogen-bond acceptors (Lipinski definition) is 3. The second kappa shape index (κ2) is 7.70. The average Bonchev–Trinajstić information content (AvgIpc) is 3.01. The molecule has 20 heavy (non-hydrogen) atoms. The molecule has 0 saturated carbocycles. The number of benzene rings is 1. The number of hydrogen-bond donors (Lipinski definition) is 3. The molecular formula is C16H23N3O. The van der Waals surface area contributed by atoms with Gasteiger partial charge >= 0.3 is 0 Å². The van der Waals surface area contributed by atoms with E-state index in [2.05, 4.69) is 16.5 Å². The third kappa shape index (κ3) is 4.10. The van der Waals surface area contributed by atoms with Crippen molar-refractivity contribution >= 4 is 5.84 Å². The van der Waals surface area contributed by atoms with Gasteiger partial charge < -0.3 is 16.3 Å². The van der Waals surface area contributed by atoms with Crippen LogP contribution in [0.1, 0.15) is 37.2 Å². The van der Waals surface area contributed by atoms with Gasteiger partial charge in [-0.1, -0.05) is 47.1 Å². The fourth-order valence-corrected chi connectivity index (χ4v) is 2.61. The lowest BCUT2D eigenvalue weighted by molar-refractivity contribution is 0.315. The van der Waals surface area contributed by atoms with Crippen LogP contribution in [0, 0.1) is 0 Å². The Kier molecular flexibility index (Phi) is 5.62. The van der Waals surface area contributed by atoms with Crippen LogP contribution in [0.3, 0.4) is 0 Å². The highest BCUT2D eigenvalue weighted by Crippen LogP contribution is 2.20. The standard InChI is InChI=1S/C16H23N3O/c17-16(19-20)15(14-8-2-1-3-9-14)12-18-11-10-13-6-4-5-7-13/h1-3,6,8-9,15,18,20H,4-5,7,10-12H2,(H2,17,19). The first-order chi connectivity index (χ1) is 9.81. The van der Waals surface area contributed by atoms with Crippen molar-refractivity contribution in [3.8, 4) is 0 Å². The Labute approximate surface area is 120 Å². The lowest BCUT2D eigenvalue weighted by Crippen LogP contribution is -2.32. The molecule has 4 nitrogen and oxygen atoms in total. The van der Waals surface area contributed by atoms with Gasteiger partial charge in [-0.2, -0.15) is 0 Å². The van der Waals surface area contributed by atoms with Crippen LogP contribution in [0.5, 0.6) is 0 Å². The number of nitrogens with one attached hydrogen (secondary N) is 1. The number of nitrogens with zero attached hydrogens (tertiary/aromatic N) is 1. The van der Waals surface area contributed by atoms with E-state index in [-0.39, 0.29) is 11.8 Å². The Hall–Kier alpha value is -1.81. The molecule has 0 aromatic heterocycles. The summed E-state index contributed by atoms with van der Waals surface area (Å²) in [4.78, 5) is 0. The van der Waals surface area contributed by atoms with E-state index in [0.717, 1.165) is 18.5 Å². The molecule has 0 aliphatic heterocycles. The van der Waals surface area contributed by atoms with Gasteiger partial charge in [0.05, 0.1) is 5.92 Å². The molecule has 4 heteroatoms. The summed E-state index contributed by atoms with van der Waals surface area (Å²) in [6, 6.07) is 9.91. The van der Waals surface area contributed by atoms with Crippen LogP contribution in [0.25, 0.3) is 0 Å². The van der Waals surface area contributed by atoms with Gasteiger partial charge in [0.25, 0.3) is 0 Å². The predicted octanol–water partition coefficient (Wildman–Crippen LogP) is 2.61. The van der Waals surface area contributed by atoms with Crippen molar-refractivity contribution in [1.82, 2.24) is 5.32 Å². The summed E-state index contributed by atoms with van der Waals surface area (Å²) in [5.41, 5.74) is 8.42.